The van der Waals surface area contributed by atoms with Crippen molar-refractivity contribution in [2.45, 2.75) is 12.6 Å². The number of hydrogen-bond acceptors (Lipinski definition) is 5. The molecule has 2 heterocycles. The van der Waals surface area contributed by atoms with E-state index in [4.69, 9.17) is 4.42 Å². The van der Waals surface area contributed by atoms with Gasteiger partial charge < -0.3 is 9.52 Å². The Kier molecular flexibility index (Phi) is 3.44. The molecule has 0 aromatic carbocycles. The van der Waals surface area contributed by atoms with E-state index in [-0.39, 0.29) is 12.6 Å². The van der Waals surface area contributed by atoms with E-state index in [1.54, 1.807) is 6.26 Å². The summed E-state index contributed by atoms with van der Waals surface area (Å²) in [6, 6.07) is 0.269. The first-order chi connectivity index (χ1) is 6.90. The molecule has 4 nitrogen and oxygen atoms in total. The van der Waals surface area contributed by atoms with Crippen molar-refractivity contribution >= 4 is 11.8 Å². The first kappa shape index (κ1) is 10.0. The Morgan fingerprint density at radius 2 is 2.64 bits per heavy atom. The molecule has 0 aliphatic carbocycles. The van der Waals surface area contributed by atoms with Crippen molar-refractivity contribution in [2.24, 2.45) is 0 Å². The number of aromatic nitrogens is 1. The number of rotatable bonds is 3. The summed E-state index contributed by atoms with van der Waals surface area (Å²) in [7, 11) is 0. The third kappa shape index (κ3) is 2.29. The second-order valence-corrected chi connectivity index (χ2v) is 4.51. The van der Waals surface area contributed by atoms with Crippen molar-refractivity contribution in [1.82, 2.24) is 9.88 Å². The van der Waals surface area contributed by atoms with Crippen LogP contribution in [0, 0.1) is 0 Å². The highest BCUT2D eigenvalue weighted by Crippen LogP contribution is 2.17. The van der Waals surface area contributed by atoms with Gasteiger partial charge in [0.25, 0.3) is 0 Å². The fourth-order valence-corrected chi connectivity index (χ4v) is 2.71. The van der Waals surface area contributed by atoms with Crippen LogP contribution in [0.15, 0.2) is 17.1 Å². The van der Waals surface area contributed by atoms with Gasteiger partial charge in [0.15, 0.2) is 6.39 Å². The summed E-state index contributed by atoms with van der Waals surface area (Å²) in [5.74, 6) is 2.14. The molecule has 1 aliphatic rings. The van der Waals surface area contributed by atoms with Gasteiger partial charge >= 0.3 is 0 Å². The maximum atomic E-state index is 9.19. The first-order valence-electron chi connectivity index (χ1n) is 4.70. The molecule has 1 atom stereocenters. The van der Waals surface area contributed by atoms with Crippen LogP contribution in [0.25, 0.3) is 0 Å². The van der Waals surface area contributed by atoms with Crippen LogP contribution in [-0.4, -0.2) is 45.7 Å². The highest BCUT2D eigenvalue weighted by molar-refractivity contribution is 7.99. The molecule has 1 N–H and O–H groups in total. The van der Waals surface area contributed by atoms with Gasteiger partial charge in [0.1, 0.15) is 6.26 Å². The molecule has 1 aromatic rings. The van der Waals surface area contributed by atoms with E-state index in [0.29, 0.717) is 0 Å². The molecule has 0 saturated carbocycles. The maximum absolute atomic E-state index is 9.19. The predicted octanol–water partition coefficient (Wildman–Crippen LogP) is 0.584. The maximum Gasteiger partial charge on any atom is 0.180 e. The minimum atomic E-state index is 0.227. The van der Waals surface area contributed by atoms with Crippen molar-refractivity contribution in [3.05, 3.63) is 18.4 Å². The van der Waals surface area contributed by atoms with Gasteiger partial charge in [-0.1, -0.05) is 0 Å². The Morgan fingerprint density at radius 1 is 1.71 bits per heavy atom. The number of aliphatic hydroxyl groups is 1. The molecular formula is C9H14N2O2S. The summed E-state index contributed by atoms with van der Waals surface area (Å²) in [5, 5.41) is 9.19. The van der Waals surface area contributed by atoms with Crippen LogP contribution in [-0.2, 0) is 6.54 Å². The average molecular weight is 214 g/mol. The van der Waals surface area contributed by atoms with Crippen molar-refractivity contribution < 1.29 is 9.52 Å². The standard InChI is InChI=1S/C9H14N2O2S/c12-4-9-6-14-2-1-11(9)3-8-5-13-7-10-8/h5,7,9,12H,1-4,6H2. The quantitative estimate of drug-likeness (QED) is 0.798. The summed E-state index contributed by atoms with van der Waals surface area (Å²) in [6.07, 6.45) is 3.11. The van der Waals surface area contributed by atoms with E-state index < -0.39 is 0 Å². The number of nitrogens with zero attached hydrogens (tertiary/aromatic N) is 2. The third-order valence-electron chi connectivity index (χ3n) is 2.41. The Bertz CT molecular complexity index is 266. The molecular weight excluding hydrogens is 200 g/mol. The molecule has 0 bridgehead atoms. The normalized spacial score (nSPS) is 23.9. The van der Waals surface area contributed by atoms with Gasteiger partial charge in [0.2, 0.25) is 0 Å². The fraction of sp³-hybridized carbons (Fsp3) is 0.667. The lowest BCUT2D eigenvalue weighted by Gasteiger charge is -2.33. The van der Waals surface area contributed by atoms with Gasteiger partial charge in [-0.25, -0.2) is 4.98 Å². The highest BCUT2D eigenvalue weighted by atomic mass is 32.2. The van der Waals surface area contributed by atoms with Crippen molar-refractivity contribution in [3.63, 3.8) is 0 Å². The van der Waals surface area contributed by atoms with Crippen LogP contribution in [0.3, 0.4) is 0 Å². The summed E-state index contributed by atoms with van der Waals surface area (Å²) >= 11 is 1.90. The minimum absolute atomic E-state index is 0.227. The van der Waals surface area contributed by atoms with Crippen LogP contribution < -0.4 is 0 Å². The fourth-order valence-electron chi connectivity index (χ4n) is 1.59. The SMILES string of the molecule is OCC1CSCCN1Cc1cocn1. The highest BCUT2D eigenvalue weighted by Gasteiger charge is 2.22. The van der Waals surface area contributed by atoms with Gasteiger partial charge in [-0.2, -0.15) is 11.8 Å². The molecule has 5 heteroatoms. The molecule has 0 radical (unpaired) electrons. The summed E-state index contributed by atoms with van der Waals surface area (Å²) in [4.78, 5) is 6.34. The first-order valence-corrected chi connectivity index (χ1v) is 5.85. The minimum Gasteiger partial charge on any atom is -0.451 e. The number of oxazole rings is 1. The molecule has 1 aromatic heterocycles. The largest absolute Gasteiger partial charge is 0.451 e. The van der Waals surface area contributed by atoms with Gasteiger partial charge in [-0.3, -0.25) is 4.90 Å². The number of hydrogen-bond donors (Lipinski definition) is 1. The van der Waals surface area contributed by atoms with Gasteiger partial charge in [-0.15, -0.1) is 0 Å². The van der Waals surface area contributed by atoms with Crippen LogP contribution in [0.1, 0.15) is 5.69 Å². The lowest BCUT2D eigenvalue weighted by Crippen LogP contribution is -2.43. The second-order valence-electron chi connectivity index (χ2n) is 3.36. The van der Waals surface area contributed by atoms with Crippen LogP contribution in [0.5, 0.6) is 0 Å². The Morgan fingerprint density at radius 3 is 3.36 bits per heavy atom. The third-order valence-corrected chi connectivity index (χ3v) is 3.50. The molecule has 78 valence electrons. The van der Waals surface area contributed by atoms with Gasteiger partial charge in [-0.05, 0) is 0 Å². The molecule has 1 fully saturated rings. The Hall–Kier alpha value is -0.520. The summed E-state index contributed by atoms with van der Waals surface area (Å²) < 4.78 is 4.92. The van der Waals surface area contributed by atoms with E-state index in [1.807, 2.05) is 11.8 Å². The van der Waals surface area contributed by atoms with Crippen LogP contribution in [0.4, 0.5) is 0 Å². The Labute approximate surface area is 87.3 Å². The molecule has 2 rings (SSSR count). The summed E-state index contributed by atoms with van der Waals surface area (Å²) in [5.41, 5.74) is 0.940. The molecule has 0 spiro atoms. The number of thioether (sulfide) groups is 1. The van der Waals surface area contributed by atoms with Crippen LogP contribution in [0.2, 0.25) is 0 Å². The van der Waals surface area contributed by atoms with E-state index >= 15 is 0 Å². The van der Waals surface area contributed by atoms with E-state index in [9.17, 15) is 5.11 Å². The molecule has 1 aliphatic heterocycles. The second kappa shape index (κ2) is 4.82. The van der Waals surface area contributed by atoms with E-state index in [1.165, 1.54) is 6.39 Å². The Balaban J connectivity index is 1.94. The predicted molar refractivity (Wildman–Crippen MR) is 55.1 cm³/mol. The topological polar surface area (TPSA) is 49.5 Å². The lowest BCUT2D eigenvalue weighted by molar-refractivity contribution is 0.132. The molecule has 14 heavy (non-hydrogen) atoms. The van der Waals surface area contributed by atoms with Crippen LogP contribution >= 0.6 is 11.8 Å². The zero-order valence-electron chi connectivity index (χ0n) is 7.93. The lowest BCUT2D eigenvalue weighted by atomic mass is 10.2. The molecule has 0 amide bonds. The number of aliphatic hydroxyl groups excluding tert-OH is 1. The van der Waals surface area contributed by atoms with Crippen molar-refractivity contribution in [2.75, 3.05) is 24.7 Å². The van der Waals surface area contributed by atoms with Crippen molar-refractivity contribution in [1.29, 1.82) is 0 Å². The van der Waals surface area contributed by atoms with Gasteiger partial charge in [0.05, 0.1) is 12.3 Å². The zero-order chi connectivity index (χ0) is 9.80. The van der Waals surface area contributed by atoms with Gasteiger partial charge in [0, 0.05) is 30.6 Å². The van der Waals surface area contributed by atoms with Crippen molar-refractivity contribution in [3.8, 4) is 0 Å². The smallest absolute Gasteiger partial charge is 0.180 e. The monoisotopic (exact) mass is 214 g/mol. The zero-order valence-corrected chi connectivity index (χ0v) is 8.74. The molecule has 1 unspecified atom stereocenters. The van der Waals surface area contributed by atoms with E-state index in [0.717, 1.165) is 30.3 Å². The summed E-state index contributed by atoms with van der Waals surface area (Å²) in [6.45, 7) is 2.02. The average Bonchev–Trinajstić information content (AvgIpc) is 2.71. The van der Waals surface area contributed by atoms with E-state index in [2.05, 4.69) is 9.88 Å². The molecule has 1 saturated heterocycles.